The van der Waals surface area contributed by atoms with Crippen LogP contribution in [0.15, 0.2) is 42.2 Å². The minimum Gasteiger partial charge on any atom is -0.512 e. The van der Waals surface area contributed by atoms with Crippen LogP contribution in [0, 0.1) is 0 Å². The molecule has 0 amide bonds. The molecule has 0 spiro atoms. The van der Waals surface area contributed by atoms with Crippen LogP contribution in [0.2, 0.25) is 0 Å². The summed E-state index contributed by atoms with van der Waals surface area (Å²) in [5, 5.41) is 11.1. The standard InChI is InChI=1S/C15H15NO/c17-15-8-4-2-6-12(15)14-10-9-11-5-1-3-7-13(11)16-14/h1,3,5,7,9-10,17H,2,4,6,8H2. The van der Waals surface area contributed by atoms with E-state index in [0.29, 0.717) is 5.76 Å². The molecule has 0 fully saturated rings. The lowest BCUT2D eigenvalue weighted by atomic mass is 9.95. The predicted molar refractivity (Wildman–Crippen MR) is 69.8 cm³/mol. The van der Waals surface area contributed by atoms with Gasteiger partial charge in [0.2, 0.25) is 0 Å². The average molecular weight is 225 g/mol. The number of aromatic nitrogens is 1. The van der Waals surface area contributed by atoms with Crippen LogP contribution < -0.4 is 0 Å². The van der Waals surface area contributed by atoms with E-state index in [2.05, 4.69) is 17.1 Å². The van der Waals surface area contributed by atoms with Gasteiger partial charge in [-0.25, -0.2) is 4.98 Å². The summed E-state index contributed by atoms with van der Waals surface area (Å²) in [5.41, 5.74) is 2.96. The van der Waals surface area contributed by atoms with Crippen LogP contribution >= 0.6 is 0 Å². The van der Waals surface area contributed by atoms with Gasteiger partial charge in [0.15, 0.2) is 0 Å². The number of benzene rings is 1. The fourth-order valence-electron chi connectivity index (χ4n) is 2.40. The van der Waals surface area contributed by atoms with E-state index in [4.69, 9.17) is 0 Å². The third-order valence-corrected chi connectivity index (χ3v) is 3.35. The van der Waals surface area contributed by atoms with E-state index in [1.54, 1.807) is 0 Å². The highest BCUT2D eigenvalue weighted by molar-refractivity contribution is 5.81. The van der Waals surface area contributed by atoms with Crippen LogP contribution in [-0.2, 0) is 0 Å². The quantitative estimate of drug-likeness (QED) is 0.793. The zero-order valence-corrected chi connectivity index (χ0v) is 9.69. The SMILES string of the molecule is OC1=C(c2ccc3ccccc3n2)CCCC1. The number of aliphatic hydroxyl groups is 1. The lowest BCUT2D eigenvalue weighted by Gasteiger charge is -2.15. The molecule has 0 saturated heterocycles. The highest BCUT2D eigenvalue weighted by Crippen LogP contribution is 2.30. The molecule has 1 N–H and O–H groups in total. The van der Waals surface area contributed by atoms with Crippen LogP contribution in [0.3, 0.4) is 0 Å². The van der Waals surface area contributed by atoms with Gasteiger partial charge in [0.1, 0.15) is 0 Å². The number of rotatable bonds is 1. The number of fused-ring (bicyclic) bond motifs is 1. The van der Waals surface area contributed by atoms with Crippen molar-refractivity contribution in [2.75, 3.05) is 0 Å². The molecule has 0 radical (unpaired) electrons. The number of para-hydroxylation sites is 1. The number of hydrogen-bond donors (Lipinski definition) is 1. The first-order valence-electron chi connectivity index (χ1n) is 6.12. The van der Waals surface area contributed by atoms with E-state index in [1.165, 1.54) is 0 Å². The van der Waals surface area contributed by atoms with Crippen molar-refractivity contribution in [3.05, 3.63) is 47.9 Å². The highest BCUT2D eigenvalue weighted by atomic mass is 16.3. The number of allylic oxidation sites excluding steroid dienone is 2. The summed E-state index contributed by atoms with van der Waals surface area (Å²) in [6.45, 7) is 0. The van der Waals surface area contributed by atoms with Gasteiger partial charge in [0.25, 0.3) is 0 Å². The fourth-order valence-corrected chi connectivity index (χ4v) is 2.40. The summed E-state index contributed by atoms with van der Waals surface area (Å²) in [5.74, 6) is 0.527. The molecule has 0 atom stereocenters. The second-order valence-corrected chi connectivity index (χ2v) is 4.52. The van der Waals surface area contributed by atoms with Crippen molar-refractivity contribution in [1.29, 1.82) is 0 Å². The molecule has 1 aliphatic carbocycles. The second-order valence-electron chi connectivity index (χ2n) is 4.52. The Morgan fingerprint density at radius 2 is 1.76 bits per heavy atom. The lowest BCUT2D eigenvalue weighted by molar-refractivity contribution is 0.374. The van der Waals surface area contributed by atoms with Crippen molar-refractivity contribution in [1.82, 2.24) is 4.98 Å². The molecule has 17 heavy (non-hydrogen) atoms. The Morgan fingerprint density at radius 3 is 2.65 bits per heavy atom. The molecule has 1 heterocycles. The van der Waals surface area contributed by atoms with Gasteiger partial charge in [-0.15, -0.1) is 0 Å². The van der Waals surface area contributed by atoms with Crippen molar-refractivity contribution < 1.29 is 5.11 Å². The third-order valence-electron chi connectivity index (χ3n) is 3.35. The molecule has 86 valence electrons. The Kier molecular flexibility index (Phi) is 2.56. The van der Waals surface area contributed by atoms with Crippen molar-refractivity contribution in [2.45, 2.75) is 25.7 Å². The first-order valence-corrected chi connectivity index (χ1v) is 6.12. The van der Waals surface area contributed by atoms with E-state index >= 15 is 0 Å². The van der Waals surface area contributed by atoms with E-state index in [-0.39, 0.29) is 0 Å². The predicted octanol–water partition coefficient (Wildman–Crippen LogP) is 4.08. The van der Waals surface area contributed by atoms with Crippen LogP contribution in [0.5, 0.6) is 0 Å². The summed E-state index contributed by atoms with van der Waals surface area (Å²) in [6.07, 6.45) is 3.97. The number of nitrogens with zero attached hydrogens (tertiary/aromatic N) is 1. The Labute approximate surface area is 101 Å². The monoisotopic (exact) mass is 225 g/mol. The highest BCUT2D eigenvalue weighted by Gasteiger charge is 2.14. The number of hydrogen-bond acceptors (Lipinski definition) is 2. The van der Waals surface area contributed by atoms with Gasteiger partial charge in [-0.05, 0) is 31.4 Å². The normalized spacial score (nSPS) is 16.5. The van der Waals surface area contributed by atoms with Gasteiger partial charge in [0.05, 0.1) is 17.0 Å². The molecule has 1 aliphatic rings. The van der Waals surface area contributed by atoms with Crippen LogP contribution in [0.1, 0.15) is 31.4 Å². The largest absolute Gasteiger partial charge is 0.512 e. The van der Waals surface area contributed by atoms with Gasteiger partial charge in [0, 0.05) is 17.4 Å². The molecular formula is C15H15NO. The van der Waals surface area contributed by atoms with E-state index in [0.717, 1.165) is 47.9 Å². The summed E-state index contributed by atoms with van der Waals surface area (Å²) in [7, 11) is 0. The topological polar surface area (TPSA) is 33.1 Å². The lowest BCUT2D eigenvalue weighted by Crippen LogP contribution is -2.00. The Balaban J connectivity index is 2.11. The molecule has 2 aromatic rings. The first kappa shape index (κ1) is 10.3. The first-order chi connectivity index (χ1) is 8.34. The number of aliphatic hydroxyl groups excluding tert-OH is 1. The molecule has 1 aromatic carbocycles. The van der Waals surface area contributed by atoms with E-state index in [9.17, 15) is 5.11 Å². The van der Waals surface area contributed by atoms with Gasteiger partial charge in [-0.2, -0.15) is 0 Å². The molecule has 0 aliphatic heterocycles. The Bertz CT molecular complexity index is 586. The maximum Gasteiger partial charge on any atom is 0.0976 e. The second kappa shape index (κ2) is 4.21. The van der Waals surface area contributed by atoms with Gasteiger partial charge >= 0.3 is 0 Å². The van der Waals surface area contributed by atoms with Crippen LogP contribution in [0.25, 0.3) is 16.5 Å². The molecule has 3 rings (SSSR count). The number of pyridine rings is 1. The van der Waals surface area contributed by atoms with Crippen molar-refractivity contribution in [3.63, 3.8) is 0 Å². The average Bonchev–Trinajstić information content (AvgIpc) is 2.39. The molecule has 2 heteroatoms. The molecular weight excluding hydrogens is 210 g/mol. The maximum absolute atomic E-state index is 9.93. The summed E-state index contributed by atoms with van der Waals surface area (Å²) >= 11 is 0. The maximum atomic E-state index is 9.93. The summed E-state index contributed by atoms with van der Waals surface area (Å²) < 4.78 is 0. The zero-order valence-electron chi connectivity index (χ0n) is 9.69. The summed E-state index contributed by atoms with van der Waals surface area (Å²) in [4.78, 5) is 4.63. The minimum absolute atomic E-state index is 0.527. The molecule has 0 saturated carbocycles. The third kappa shape index (κ3) is 1.91. The van der Waals surface area contributed by atoms with Crippen molar-refractivity contribution in [3.8, 4) is 0 Å². The fraction of sp³-hybridized carbons (Fsp3) is 0.267. The Morgan fingerprint density at radius 1 is 0.941 bits per heavy atom. The van der Waals surface area contributed by atoms with E-state index in [1.807, 2.05) is 24.3 Å². The smallest absolute Gasteiger partial charge is 0.0976 e. The van der Waals surface area contributed by atoms with Gasteiger partial charge < -0.3 is 5.11 Å². The summed E-state index contributed by atoms with van der Waals surface area (Å²) in [6, 6.07) is 12.2. The zero-order chi connectivity index (χ0) is 11.7. The molecule has 2 nitrogen and oxygen atoms in total. The Hall–Kier alpha value is -1.83. The van der Waals surface area contributed by atoms with Gasteiger partial charge in [-0.3, -0.25) is 0 Å². The van der Waals surface area contributed by atoms with Crippen LogP contribution in [-0.4, -0.2) is 10.1 Å². The van der Waals surface area contributed by atoms with Gasteiger partial charge in [-0.1, -0.05) is 24.3 Å². The van der Waals surface area contributed by atoms with Crippen LogP contribution in [0.4, 0.5) is 0 Å². The minimum atomic E-state index is 0.527. The van der Waals surface area contributed by atoms with Crippen molar-refractivity contribution in [2.24, 2.45) is 0 Å². The molecule has 1 aromatic heterocycles. The molecule has 0 unspecified atom stereocenters. The molecule has 0 bridgehead atoms. The van der Waals surface area contributed by atoms with Crippen molar-refractivity contribution >= 4 is 16.5 Å². The van der Waals surface area contributed by atoms with E-state index < -0.39 is 0 Å².